The number of rotatable bonds is 5. The lowest BCUT2D eigenvalue weighted by Gasteiger charge is -2.30. The molecule has 0 aromatic carbocycles. The molecule has 27 heavy (non-hydrogen) atoms. The van der Waals surface area contributed by atoms with Gasteiger partial charge in [0.25, 0.3) is 15.9 Å². The maximum Gasteiger partial charge on any atom is 0.322 e. The molecule has 1 atom stereocenters. The molecule has 3 aromatic heterocycles. The highest BCUT2D eigenvalue weighted by Gasteiger charge is 2.34. The van der Waals surface area contributed by atoms with Crippen LogP contribution in [0, 0.1) is 5.92 Å². The molecule has 0 bridgehead atoms. The van der Waals surface area contributed by atoms with E-state index in [1.807, 2.05) is 0 Å². The molecule has 3 aromatic rings. The normalized spacial score (nSPS) is 18.4. The zero-order valence-electron chi connectivity index (χ0n) is 13.9. The van der Waals surface area contributed by atoms with Gasteiger partial charge in [0.15, 0.2) is 0 Å². The summed E-state index contributed by atoms with van der Waals surface area (Å²) >= 11 is 1.16. The fourth-order valence-corrected chi connectivity index (χ4v) is 5.49. The molecule has 1 saturated heterocycles. The number of sulfonamides is 1. The minimum atomic E-state index is -3.58. The third kappa shape index (κ3) is 3.63. The number of thiophene rings is 1. The largest absolute Gasteiger partial charge is 0.400 e. The predicted molar refractivity (Wildman–Crippen MR) is 94.2 cm³/mol. The van der Waals surface area contributed by atoms with Crippen LogP contribution in [-0.4, -0.2) is 47.1 Å². The van der Waals surface area contributed by atoms with Crippen LogP contribution < -0.4 is 5.32 Å². The summed E-state index contributed by atoms with van der Waals surface area (Å²) in [6, 6.07) is 4.72. The van der Waals surface area contributed by atoms with Gasteiger partial charge in [0.1, 0.15) is 4.21 Å². The predicted octanol–water partition coefficient (Wildman–Crippen LogP) is 1.83. The second kappa shape index (κ2) is 7.21. The molecule has 1 amide bonds. The van der Waals surface area contributed by atoms with Crippen molar-refractivity contribution in [2.75, 3.05) is 18.4 Å². The van der Waals surface area contributed by atoms with Crippen molar-refractivity contribution in [3.05, 3.63) is 29.8 Å². The Morgan fingerprint density at radius 1 is 1.33 bits per heavy atom. The van der Waals surface area contributed by atoms with E-state index in [-0.39, 0.29) is 34.3 Å². The Morgan fingerprint density at radius 2 is 2.22 bits per heavy atom. The fraction of sp³-hybridized carbons (Fsp3) is 0.333. The van der Waals surface area contributed by atoms with Crippen LogP contribution in [0.2, 0.25) is 0 Å². The molecule has 0 radical (unpaired) electrons. The molecule has 0 unspecified atom stereocenters. The summed E-state index contributed by atoms with van der Waals surface area (Å²) in [6.45, 7) is 0.495. The van der Waals surface area contributed by atoms with Gasteiger partial charge < -0.3 is 8.94 Å². The van der Waals surface area contributed by atoms with Crippen LogP contribution in [0.1, 0.15) is 12.8 Å². The van der Waals surface area contributed by atoms with Gasteiger partial charge in [-0.2, -0.15) is 4.31 Å². The van der Waals surface area contributed by atoms with Gasteiger partial charge >= 0.3 is 6.01 Å². The summed E-state index contributed by atoms with van der Waals surface area (Å²) in [7, 11) is -3.58. The molecule has 12 heteroatoms. The number of aromatic nitrogens is 3. The van der Waals surface area contributed by atoms with Gasteiger partial charge in [-0.1, -0.05) is 16.3 Å². The Hall–Kier alpha value is -2.57. The smallest absolute Gasteiger partial charge is 0.322 e. The van der Waals surface area contributed by atoms with E-state index in [9.17, 15) is 13.2 Å². The van der Waals surface area contributed by atoms with Crippen molar-refractivity contribution in [2.45, 2.75) is 17.1 Å². The zero-order chi connectivity index (χ0) is 18.9. The van der Waals surface area contributed by atoms with Crippen molar-refractivity contribution in [3.8, 4) is 11.7 Å². The van der Waals surface area contributed by atoms with Crippen LogP contribution >= 0.6 is 11.3 Å². The van der Waals surface area contributed by atoms with Gasteiger partial charge in [-0.15, -0.1) is 16.4 Å². The van der Waals surface area contributed by atoms with E-state index < -0.39 is 15.9 Å². The van der Waals surface area contributed by atoms with E-state index in [4.69, 9.17) is 8.94 Å². The van der Waals surface area contributed by atoms with E-state index >= 15 is 0 Å². The Labute approximate surface area is 158 Å². The molecule has 1 aliphatic heterocycles. The first-order chi connectivity index (χ1) is 13.0. The number of carbonyl (C=O) groups excluding carboxylic acids is 1. The van der Waals surface area contributed by atoms with Crippen molar-refractivity contribution in [1.29, 1.82) is 0 Å². The van der Waals surface area contributed by atoms with Gasteiger partial charge in [-0.25, -0.2) is 8.42 Å². The second-order valence-corrected chi connectivity index (χ2v) is 9.03. The fourth-order valence-electron chi connectivity index (χ4n) is 2.82. The van der Waals surface area contributed by atoms with E-state index in [1.54, 1.807) is 23.6 Å². The van der Waals surface area contributed by atoms with Crippen molar-refractivity contribution < 1.29 is 22.2 Å². The molecule has 1 N–H and O–H groups in total. The molecule has 142 valence electrons. The standard InChI is InChI=1S/C15H15N5O5S2/c21-13(17-15-19-18-14(24-15)11-5-6-16-25-11)10-3-1-7-20(9-10)27(22,23)12-4-2-8-26-12/h2,4-6,8,10H,1,3,7,9H2,(H,17,19,21)/t10-/m1/s1. The number of carbonyl (C=O) groups is 1. The van der Waals surface area contributed by atoms with Crippen molar-refractivity contribution in [1.82, 2.24) is 19.7 Å². The Kier molecular flexibility index (Phi) is 4.76. The number of anilines is 1. The summed E-state index contributed by atoms with van der Waals surface area (Å²) in [5.41, 5.74) is 0. The molecular formula is C15H15N5O5S2. The van der Waals surface area contributed by atoms with Gasteiger partial charge in [0.05, 0.1) is 12.1 Å². The first-order valence-electron chi connectivity index (χ1n) is 8.13. The maximum atomic E-state index is 12.7. The summed E-state index contributed by atoms with van der Waals surface area (Å²) in [5, 5.41) is 15.3. The molecule has 4 heterocycles. The SMILES string of the molecule is O=C(Nc1nnc(-c2ccno2)o1)[C@@H]1CCCN(S(=O)(=O)c2cccs2)C1. The number of nitrogens with one attached hydrogen (secondary N) is 1. The second-order valence-electron chi connectivity index (χ2n) is 5.91. The minimum Gasteiger partial charge on any atom is -0.400 e. The van der Waals surface area contributed by atoms with Crippen LogP contribution in [0.5, 0.6) is 0 Å². The van der Waals surface area contributed by atoms with Crippen molar-refractivity contribution >= 4 is 33.3 Å². The average Bonchev–Trinajstić information content (AvgIpc) is 3.42. The van der Waals surface area contributed by atoms with Crippen LogP contribution in [0.3, 0.4) is 0 Å². The summed E-state index contributed by atoms with van der Waals surface area (Å²) in [4.78, 5) is 12.5. The van der Waals surface area contributed by atoms with E-state index in [2.05, 4.69) is 20.7 Å². The molecule has 1 aliphatic rings. The lowest BCUT2D eigenvalue weighted by molar-refractivity contribution is -0.121. The van der Waals surface area contributed by atoms with Crippen LogP contribution in [0.25, 0.3) is 11.7 Å². The minimum absolute atomic E-state index is 0.0790. The Balaban J connectivity index is 1.43. The number of piperidine rings is 1. The number of nitrogens with zero attached hydrogens (tertiary/aromatic N) is 4. The number of hydrogen-bond donors (Lipinski definition) is 1. The maximum absolute atomic E-state index is 12.7. The van der Waals surface area contributed by atoms with Gasteiger partial charge in [-0.05, 0) is 24.3 Å². The molecule has 0 spiro atoms. The first kappa shape index (κ1) is 17.8. The quantitative estimate of drug-likeness (QED) is 0.675. The summed E-state index contributed by atoms with van der Waals surface area (Å²) in [6.07, 6.45) is 2.60. The van der Waals surface area contributed by atoms with Crippen LogP contribution in [-0.2, 0) is 14.8 Å². The first-order valence-corrected chi connectivity index (χ1v) is 10.4. The van der Waals surface area contributed by atoms with Crippen LogP contribution in [0.15, 0.2) is 42.9 Å². The molecular weight excluding hydrogens is 394 g/mol. The van der Waals surface area contributed by atoms with Crippen LogP contribution in [0.4, 0.5) is 6.01 Å². The topological polar surface area (TPSA) is 131 Å². The summed E-state index contributed by atoms with van der Waals surface area (Å²) in [5.74, 6) is -0.495. The molecule has 1 fully saturated rings. The lowest BCUT2D eigenvalue weighted by Crippen LogP contribution is -2.43. The van der Waals surface area contributed by atoms with E-state index in [0.717, 1.165) is 11.3 Å². The third-order valence-corrected chi connectivity index (χ3v) is 7.39. The molecule has 0 aliphatic carbocycles. The van der Waals surface area contributed by atoms with Crippen molar-refractivity contribution in [2.24, 2.45) is 5.92 Å². The molecule has 0 saturated carbocycles. The van der Waals surface area contributed by atoms with Gasteiger partial charge in [0.2, 0.25) is 11.7 Å². The highest BCUT2D eigenvalue weighted by molar-refractivity contribution is 7.91. The monoisotopic (exact) mass is 409 g/mol. The highest BCUT2D eigenvalue weighted by Crippen LogP contribution is 2.27. The zero-order valence-corrected chi connectivity index (χ0v) is 15.6. The van der Waals surface area contributed by atoms with Gasteiger partial charge in [-0.3, -0.25) is 10.1 Å². The number of amides is 1. The highest BCUT2D eigenvalue weighted by atomic mass is 32.2. The van der Waals surface area contributed by atoms with E-state index in [0.29, 0.717) is 19.4 Å². The molecule has 4 rings (SSSR count). The lowest BCUT2D eigenvalue weighted by atomic mass is 9.99. The Morgan fingerprint density at radius 3 is 2.96 bits per heavy atom. The molecule has 10 nitrogen and oxygen atoms in total. The Bertz CT molecular complexity index is 1010. The summed E-state index contributed by atoms with van der Waals surface area (Å²) < 4.78 is 37.2. The third-order valence-electron chi connectivity index (χ3n) is 4.15. The van der Waals surface area contributed by atoms with Gasteiger partial charge in [0, 0.05) is 19.2 Å². The average molecular weight is 409 g/mol. The number of hydrogen-bond acceptors (Lipinski definition) is 9. The van der Waals surface area contributed by atoms with E-state index in [1.165, 1.54) is 10.5 Å². The van der Waals surface area contributed by atoms with Crippen molar-refractivity contribution in [3.63, 3.8) is 0 Å².